The van der Waals surface area contributed by atoms with E-state index in [2.05, 4.69) is 5.32 Å². The Bertz CT molecular complexity index is 615. The van der Waals surface area contributed by atoms with Crippen LogP contribution in [0.4, 0.5) is 24.5 Å². The van der Waals surface area contributed by atoms with E-state index in [1.54, 1.807) is 13.8 Å². The summed E-state index contributed by atoms with van der Waals surface area (Å²) in [6.07, 6.45) is -0.880. The topological polar surface area (TPSA) is 32.3 Å². The number of nitrogens with one attached hydrogen (secondary N) is 1. The molecule has 1 aliphatic carbocycles. The molecule has 1 aromatic carbocycles. The second kappa shape index (κ2) is 6.30. The van der Waals surface area contributed by atoms with Gasteiger partial charge in [-0.05, 0) is 42.9 Å². The molecule has 2 unspecified atom stereocenters. The van der Waals surface area contributed by atoms with Crippen LogP contribution in [0.2, 0.25) is 0 Å². The zero-order chi connectivity index (χ0) is 17.5. The van der Waals surface area contributed by atoms with Gasteiger partial charge in [0.25, 0.3) is 0 Å². The van der Waals surface area contributed by atoms with Gasteiger partial charge in [-0.3, -0.25) is 4.79 Å². The van der Waals surface area contributed by atoms with E-state index in [1.165, 1.54) is 18.6 Å². The van der Waals surface area contributed by atoms with Crippen molar-refractivity contribution in [2.24, 2.45) is 17.8 Å². The van der Waals surface area contributed by atoms with E-state index in [-0.39, 0.29) is 11.8 Å². The normalized spacial score (nSPS) is 23.7. The van der Waals surface area contributed by atoms with Crippen LogP contribution in [-0.4, -0.2) is 19.0 Å². The van der Waals surface area contributed by atoms with E-state index >= 15 is 0 Å². The molecule has 0 aromatic heterocycles. The zero-order valence-corrected chi connectivity index (χ0v) is 14.0. The molecule has 6 heteroatoms. The maximum absolute atomic E-state index is 13.1. The maximum atomic E-state index is 13.1. The highest BCUT2D eigenvalue weighted by Gasteiger charge is 2.38. The molecule has 24 heavy (non-hydrogen) atoms. The van der Waals surface area contributed by atoms with Crippen molar-refractivity contribution < 1.29 is 18.0 Å². The van der Waals surface area contributed by atoms with Crippen LogP contribution in [0.5, 0.6) is 0 Å². The third-order valence-corrected chi connectivity index (χ3v) is 5.17. The third-order valence-electron chi connectivity index (χ3n) is 5.17. The summed E-state index contributed by atoms with van der Waals surface area (Å²) >= 11 is 0. The molecule has 1 N–H and O–H groups in total. The largest absolute Gasteiger partial charge is 0.416 e. The molecule has 1 aromatic rings. The Balaban J connectivity index is 1.92. The van der Waals surface area contributed by atoms with Crippen molar-refractivity contribution in [1.82, 2.24) is 0 Å². The van der Waals surface area contributed by atoms with Gasteiger partial charge in [0.05, 0.1) is 16.9 Å². The van der Waals surface area contributed by atoms with Crippen LogP contribution in [0.25, 0.3) is 0 Å². The summed E-state index contributed by atoms with van der Waals surface area (Å²) < 4.78 is 39.3. The SMILES string of the molecule is CC(C)C(=O)Nc1ccc(C(F)(F)F)cc1N1CC2CCCC2C1. The highest BCUT2D eigenvalue weighted by molar-refractivity contribution is 5.95. The molecular formula is C18H23F3N2O. The van der Waals surface area contributed by atoms with Crippen LogP contribution in [0.3, 0.4) is 0 Å². The Morgan fingerprint density at radius 3 is 2.38 bits per heavy atom. The number of hydrogen-bond donors (Lipinski definition) is 1. The Morgan fingerprint density at radius 1 is 1.21 bits per heavy atom. The summed E-state index contributed by atoms with van der Waals surface area (Å²) in [4.78, 5) is 14.0. The Morgan fingerprint density at radius 2 is 1.83 bits per heavy atom. The Kier molecular flexibility index (Phi) is 4.49. The van der Waals surface area contributed by atoms with Crippen molar-refractivity contribution in [3.8, 4) is 0 Å². The number of carbonyl (C=O) groups excluding carboxylic acids is 1. The molecule has 2 atom stereocenters. The molecular weight excluding hydrogens is 317 g/mol. The standard InChI is InChI=1S/C18H23F3N2O/c1-11(2)17(24)22-15-7-6-14(18(19,20)21)8-16(15)23-9-12-4-3-5-13(12)10-23/h6-8,11-13H,3-5,9-10H2,1-2H3,(H,22,24). The quantitative estimate of drug-likeness (QED) is 0.876. The Labute approximate surface area is 140 Å². The van der Waals surface area contributed by atoms with Crippen molar-refractivity contribution in [1.29, 1.82) is 0 Å². The van der Waals surface area contributed by atoms with E-state index in [0.717, 1.165) is 32.0 Å². The fourth-order valence-electron chi connectivity index (χ4n) is 3.78. The predicted octanol–water partition coefficient (Wildman–Crippen LogP) is 4.54. The fourth-order valence-corrected chi connectivity index (χ4v) is 3.78. The molecule has 1 heterocycles. The average molecular weight is 340 g/mol. The molecule has 1 saturated heterocycles. The molecule has 2 fully saturated rings. The number of anilines is 2. The number of hydrogen-bond acceptors (Lipinski definition) is 2. The smallest absolute Gasteiger partial charge is 0.369 e. The average Bonchev–Trinajstić information content (AvgIpc) is 3.07. The summed E-state index contributed by atoms with van der Waals surface area (Å²) in [6.45, 7) is 5.08. The number of nitrogens with zero attached hydrogens (tertiary/aromatic N) is 1. The lowest BCUT2D eigenvalue weighted by atomic mass is 10.0. The van der Waals surface area contributed by atoms with Gasteiger partial charge in [-0.1, -0.05) is 20.3 Å². The molecule has 3 nitrogen and oxygen atoms in total. The summed E-state index contributed by atoms with van der Waals surface area (Å²) in [6, 6.07) is 3.60. The van der Waals surface area contributed by atoms with Crippen LogP contribution < -0.4 is 10.2 Å². The number of alkyl halides is 3. The van der Waals surface area contributed by atoms with Gasteiger partial charge in [-0.25, -0.2) is 0 Å². The molecule has 1 saturated carbocycles. The second-order valence-corrected chi connectivity index (χ2v) is 7.23. The highest BCUT2D eigenvalue weighted by atomic mass is 19.4. The first-order valence-electron chi connectivity index (χ1n) is 8.52. The number of rotatable bonds is 3. The molecule has 3 rings (SSSR count). The van der Waals surface area contributed by atoms with Gasteiger partial charge in [-0.2, -0.15) is 13.2 Å². The van der Waals surface area contributed by atoms with E-state index in [0.29, 0.717) is 23.2 Å². The van der Waals surface area contributed by atoms with Gasteiger partial charge >= 0.3 is 6.18 Å². The summed E-state index contributed by atoms with van der Waals surface area (Å²) in [5.41, 5.74) is 0.298. The van der Waals surface area contributed by atoms with Gasteiger partial charge in [0.15, 0.2) is 0 Å². The molecule has 1 amide bonds. The molecule has 1 aliphatic heterocycles. The number of fused-ring (bicyclic) bond motifs is 1. The summed E-state index contributed by atoms with van der Waals surface area (Å²) in [5, 5.41) is 2.78. The molecule has 2 aliphatic rings. The van der Waals surface area contributed by atoms with Gasteiger partial charge in [0.2, 0.25) is 5.91 Å². The van der Waals surface area contributed by atoms with E-state index in [1.807, 2.05) is 4.90 Å². The lowest BCUT2D eigenvalue weighted by Crippen LogP contribution is -2.25. The van der Waals surface area contributed by atoms with Gasteiger partial charge in [0.1, 0.15) is 0 Å². The maximum Gasteiger partial charge on any atom is 0.416 e. The van der Waals surface area contributed by atoms with Crippen LogP contribution >= 0.6 is 0 Å². The second-order valence-electron chi connectivity index (χ2n) is 7.23. The van der Waals surface area contributed by atoms with Crippen LogP contribution in [0.15, 0.2) is 18.2 Å². The van der Waals surface area contributed by atoms with Crippen LogP contribution in [0, 0.1) is 17.8 Å². The number of carbonyl (C=O) groups is 1. The molecule has 0 bridgehead atoms. The van der Waals surface area contributed by atoms with Gasteiger partial charge in [0, 0.05) is 19.0 Å². The van der Waals surface area contributed by atoms with E-state index in [4.69, 9.17) is 0 Å². The van der Waals surface area contributed by atoms with Crippen molar-refractivity contribution in [2.45, 2.75) is 39.3 Å². The predicted molar refractivity (Wildman–Crippen MR) is 88.0 cm³/mol. The van der Waals surface area contributed by atoms with Crippen molar-refractivity contribution in [2.75, 3.05) is 23.3 Å². The van der Waals surface area contributed by atoms with Crippen molar-refractivity contribution in [3.05, 3.63) is 23.8 Å². The first kappa shape index (κ1) is 17.1. The van der Waals surface area contributed by atoms with Gasteiger partial charge < -0.3 is 10.2 Å². The zero-order valence-electron chi connectivity index (χ0n) is 14.0. The number of amides is 1. The first-order chi connectivity index (χ1) is 11.3. The molecule has 132 valence electrons. The monoisotopic (exact) mass is 340 g/mol. The van der Waals surface area contributed by atoms with E-state index < -0.39 is 11.7 Å². The van der Waals surface area contributed by atoms with Crippen LogP contribution in [-0.2, 0) is 11.0 Å². The fraction of sp³-hybridized carbons (Fsp3) is 0.611. The van der Waals surface area contributed by atoms with Gasteiger partial charge in [-0.15, -0.1) is 0 Å². The lowest BCUT2D eigenvalue weighted by molar-refractivity contribution is -0.137. The van der Waals surface area contributed by atoms with Crippen molar-refractivity contribution in [3.63, 3.8) is 0 Å². The Hall–Kier alpha value is -1.72. The third kappa shape index (κ3) is 3.37. The van der Waals surface area contributed by atoms with Crippen molar-refractivity contribution >= 4 is 17.3 Å². The number of halogens is 3. The van der Waals surface area contributed by atoms with Crippen LogP contribution in [0.1, 0.15) is 38.7 Å². The number of benzene rings is 1. The minimum Gasteiger partial charge on any atom is -0.369 e. The summed E-state index contributed by atoms with van der Waals surface area (Å²) in [7, 11) is 0. The lowest BCUT2D eigenvalue weighted by Gasteiger charge is -2.25. The minimum atomic E-state index is -4.38. The summed E-state index contributed by atoms with van der Waals surface area (Å²) in [5.74, 6) is 0.717. The first-order valence-corrected chi connectivity index (χ1v) is 8.52. The van der Waals surface area contributed by atoms with E-state index in [9.17, 15) is 18.0 Å². The molecule has 0 spiro atoms. The minimum absolute atomic E-state index is 0.185. The highest BCUT2D eigenvalue weighted by Crippen LogP contribution is 2.43. The molecule has 0 radical (unpaired) electrons.